The minimum Gasteiger partial charge on any atom is -0.508 e. The standard InChI is InChI=1S/C10H12Cl2O.Na/c1-5(2)9-6(3)8(13)4-7(11)10(9)12;/h4-5,13H,1-3H3;. The third-order valence-corrected chi connectivity index (χ3v) is 2.88. The molecule has 0 bridgehead atoms. The van der Waals surface area contributed by atoms with Gasteiger partial charge in [0.1, 0.15) is 5.75 Å². The van der Waals surface area contributed by atoms with E-state index in [2.05, 4.69) is 0 Å². The fourth-order valence-electron chi connectivity index (χ4n) is 1.41. The van der Waals surface area contributed by atoms with Crippen molar-refractivity contribution in [3.8, 4) is 5.75 Å². The normalized spacial score (nSPS) is 10.1. The van der Waals surface area contributed by atoms with E-state index in [1.807, 2.05) is 20.8 Å². The molecule has 0 saturated carbocycles. The fraction of sp³-hybridized carbons (Fsp3) is 0.400. The smallest absolute Gasteiger partial charge is 0.120 e. The minimum atomic E-state index is 0. The first-order chi connectivity index (χ1) is 5.95. The van der Waals surface area contributed by atoms with Crippen molar-refractivity contribution in [1.82, 2.24) is 0 Å². The van der Waals surface area contributed by atoms with Crippen molar-refractivity contribution in [2.75, 3.05) is 0 Å². The second kappa shape index (κ2) is 5.62. The molecule has 1 aromatic rings. The summed E-state index contributed by atoms with van der Waals surface area (Å²) in [6.45, 7) is 5.88. The number of hydrogen-bond acceptors (Lipinski definition) is 1. The Kier molecular flexibility index (Phi) is 5.86. The molecular formula is C10H12Cl2NaO. The molecule has 4 heteroatoms. The molecule has 0 unspecified atom stereocenters. The van der Waals surface area contributed by atoms with Crippen LogP contribution in [0, 0.1) is 6.92 Å². The van der Waals surface area contributed by atoms with Gasteiger partial charge in [0, 0.05) is 35.6 Å². The molecule has 73 valence electrons. The molecule has 0 aromatic heterocycles. The molecule has 0 spiro atoms. The van der Waals surface area contributed by atoms with Crippen molar-refractivity contribution in [3.63, 3.8) is 0 Å². The van der Waals surface area contributed by atoms with Gasteiger partial charge in [0.25, 0.3) is 0 Å². The molecule has 0 heterocycles. The van der Waals surface area contributed by atoms with E-state index in [0.717, 1.165) is 11.1 Å². The van der Waals surface area contributed by atoms with Crippen LogP contribution in [0.1, 0.15) is 30.9 Å². The molecule has 1 rings (SSSR count). The van der Waals surface area contributed by atoms with Gasteiger partial charge in [-0.05, 0) is 24.0 Å². The Morgan fingerprint density at radius 2 is 1.79 bits per heavy atom. The molecule has 0 atom stereocenters. The maximum Gasteiger partial charge on any atom is 0.120 e. The van der Waals surface area contributed by atoms with E-state index >= 15 is 0 Å². The van der Waals surface area contributed by atoms with Crippen molar-refractivity contribution < 1.29 is 5.11 Å². The van der Waals surface area contributed by atoms with Gasteiger partial charge in [-0.25, -0.2) is 0 Å². The second-order valence-electron chi connectivity index (χ2n) is 3.38. The number of aromatic hydroxyl groups is 1. The summed E-state index contributed by atoms with van der Waals surface area (Å²) in [6, 6.07) is 1.48. The molecule has 0 saturated heterocycles. The SMILES string of the molecule is Cc1c(O)cc(Cl)c(Cl)c1C(C)C.[Na]. The van der Waals surface area contributed by atoms with Crippen LogP contribution < -0.4 is 0 Å². The Bertz CT molecular complexity index is 311. The Hall–Kier alpha value is 0.600. The molecular weight excluding hydrogens is 230 g/mol. The first-order valence-electron chi connectivity index (χ1n) is 4.12. The van der Waals surface area contributed by atoms with Crippen LogP contribution in [0.3, 0.4) is 0 Å². The maximum absolute atomic E-state index is 9.51. The van der Waals surface area contributed by atoms with Gasteiger partial charge in [-0.3, -0.25) is 0 Å². The van der Waals surface area contributed by atoms with Gasteiger partial charge in [-0.2, -0.15) is 0 Å². The van der Waals surface area contributed by atoms with Crippen molar-refractivity contribution in [2.45, 2.75) is 26.7 Å². The Morgan fingerprint density at radius 3 is 2.21 bits per heavy atom. The first kappa shape index (κ1) is 14.6. The molecule has 1 nitrogen and oxygen atoms in total. The van der Waals surface area contributed by atoms with Gasteiger partial charge in [-0.1, -0.05) is 37.0 Å². The minimum absolute atomic E-state index is 0. The predicted octanol–water partition coefficient (Wildman–Crippen LogP) is 3.75. The topological polar surface area (TPSA) is 20.2 Å². The number of phenolic OH excluding ortho intramolecular Hbond substituents is 1. The van der Waals surface area contributed by atoms with Crippen molar-refractivity contribution in [3.05, 3.63) is 27.2 Å². The summed E-state index contributed by atoms with van der Waals surface area (Å²) in [5.74, 6) is 0.468. The van der Waals surface area contributed by atoms with Crippen LogP contribution in [0.25, 0.3) is 0 Å². The van der Waals surface area contributed by atoms with Crippen LogP contribution in [-0.2, 0) is 0 Å². The Morgan fingerprint density at radius 1 is 1.29 bits per heavy atom. The zero-order valence-corrected chi connectivity index (χ0v) is 12.4. The third-order valence-electron chi connectivity index (χ3n) is 2.08. The Labute approximate surface area is 117 Å². The average molecular weight is 242 g/mol. The van der Waals surface area contributed by atoms with E-state index < -0.39 is 0 Å². The van der Waals surface area contributed by atoms with E-state index in [1.165, 1.54) is 6.07 Å². The molecule has 0 aliphatic carbocycles. The van der Waals surface area contributed by atoms with Gasteiger partial charge < -0.3 is 5.11 Å². The van der Waals surface area contributed by atoms with E-state index in [4.69, 9.17) is 23.2 Å². The first-order valence-corrected chi connectivity index (χ1v) is 4.88. The van der Waals surface area contributed by atoms with Gasteiger partial charge in [-0.15, -0.1) is 0 Å². The quantitative estimate of drug-likeness (QED) is 0.743. The number of rotatable bonds is 1. The van der Waals surface area contributed by atoms with Gasteiger partial charge in [0.2, 0.25) is 0 Å². The molecule has 1 aromatic carbocycles. The van der Waals surface area contributed by atoms with Crippen LogP contribution in [0.5, 0.6) is 5.75 Å². The molecule has 0 aliphatic rings. The van der Waals surface area contributed by atoms with Crippen molar-refractivity contribution >= 4 is 52.8 Å². The molecule has 1 radical (unpaired) electrons. The van der Waals surface area contributed by atoms with E-state index in [-0.39, 0.29) is 41.2 Å². The predicted molar refractivity (Wildman–Crippen MR) is 62.7 cm³/mol. The summed E-state index contributed by atoms with van der Waals surface area (Å²) in [4.78, 5) is 0. The number of halogens is 2. The largest absolute Gasteiger partial charge is 0.508 e. The van der Waals surface area contributed by atoms with Crippen LogP contribution in [-0.4, -0.2) is 34.7 Å². The fourth-order valence-corrected chi connectivity index (χ4v) is 2.03. The van der Waals surface area contributed by atoms with E-state index in [1.54, 1.807) is 0 Å². The van der Waals surface area contributed by atoms with Crippen LogP contribution >= 0.6 is 23.2 Å². The third kappa shape index (κ3) is 2.80. The number of phenols is 1. The summed E-state index contributed by atoms with van der Waals surface area (Å²) in [6.07, 6.45) is 0. The summed E-state index contributed by atoms with van der Waals surface area (Å²) in [5.41, 5.74) is 1.73. The van der Waals surface area contributed by atoms with Crippen molar-refractivity contribution in [2.24, 2.45) is 0 Å². The van der Waals surface area contributed by atoms with Crippen LogP contribution in [0.2, 0.25) is 10.0 Å². The molecule has 14 heavy (non-hydrogen) atoms. The number of benzene rings is 1. The summed E-state index contributed by atoms with van der Waals surface area (Å²) in [5, 5.41) is 10.5. The molecule has 0 amide bonds. The van der Waals surface area contributed by atoms with E-state index in [0.29, 0.717) is 10.0 Å². The summed E-state index contributed by atoms with van der Waals surface area (Å²) < 4.78 is 0. The Balaban J connectivity index is 0.00000169. The zero-order chi connectivity index (χ0) is 10.2. The van der Waals surface area contributed by atoms with Gasteiger partial charge >= 0.3 is 0 Å². The second-order valence-corrected chi connectivity index (χ2v) is 4.17. The molecule has 1 N–H and O–H groups in total. The summed E-state index contributed by atoms with van der Waals surface area (Å²) in [7, 11) is 0. The molecule has 0 aliphatic heterocycles. The van der Waals surface area contributed by atoms with Crippen LogP contribution in [0.15, 0.2) is 6.07 Å². The monoisotopic (exact) mass is 241 g/mol. The van der Waals surface area contributed by atoms with Gasteiger partial charge in [0.15, 0.2) is 0 Å². The van der Waals surface area contributed by atoms with Gasteiger partial charge in [0.05, 0.1) is 10.0 Å². The van der Waals surface area contributed by atoms with Crippen molar-refractivity contribution in [1.29, 1.82) is 0 Å². The summed E-state index contributed by atoms with van der Waals surface area (Å²) >= 11 is 11.9. The van der Waals surface area contributed by atoms with Crippen LogP contribution in [0.4, 0.5) is 0 Å². The average Bonchev–Trinajstić information content (AvgIpc) is 2.01. The number of hydrogen-bond donors (Lipinski definition) is 1. The molecule has 0 fully saturated rings. The van der Waals surface area contributed by atoms with E-state index in [9.17, 15) is 5.11 Å². The zero-order valence-electron chi connectivity index (χ0n) is 8.86. The maximum atomic E-state index is 9.51.